The lowest BCUT2D eigenvalue weighted by Gasteiger charge is -2.12. The van der Waals surface area contributed by atoms with Gasteiger partial charge in [0.25, 0.3) is 0 Å². The summed E-state index contributed by atoms with van der Waals surface area (Å²) in [6.07, 6.45) is 2.34. The maximum atomic E-state index is 11.3. The largest absolute Gasteiger partial charge is 0.381 e. The van der Waals surface area contributed by atoms with Crippen LogP contribution in [0.3, 0.4) is 0 Å². The van der Waals surface area contributed by atoms with Gasteiger partial charge in [0.15, 0.2) is 0 Å². The third kappa shape index (κ3) is 8.01. The molecule has 0 aliphatic rings. The fraction of sp³-hybridized carbons (Fsp3) is 0.900. The lowest BCUT2D eigenvalue weighted by atomic mass is 10.2. The Bertz CT molecular complexity index is 151. The van der Waals surface area contributed by atoms with Crippen molar-refractivity contribution in [3.8, 4) is 0 Å². The van der Waals surface area contributed by atoms with Gasteiger partial charge < -0.3 is 15.8 Å². The minimum Gasteiger partial charge on any atom is -0.381 e. The molecule has 14 heavy (non-hydrogen) atoms. The molecule has 0 bridgehead atoms. The van der Waals surface area contributed by atoms with Crippen LogP contribution in [-0.2, 0) is 9.53 Å². The van der Waals surface area contributed by atoms with E-state index >= 15 is 0 Å². The third-order valence-electron chi connectivity index (χ3n) is 1.93. The van der Waals surface area contributed by atoms with Crippen molar-refractivity contribution in [1.29, 1.82) is 0 Å². The number of nitrogens with two attached hydrogens (primary N) is 1. The number of rotatable bonds is 8. The summed E-state index contributed by atoms with van der Waals surface area (Å²) in [7, 11) is 0. The normalized spacial score (nSPS) is 12.5. The molecule has 0 spiro atoms. The molecule has 0 radical (unpaired) electrons. The van der Waals surface area contributed by atoms with E-state index in [1.165, 1.54) is 0 Å². The van der Waals surface area contributed by atoms with Gasteiger partial charge in [-0.2, -0.15) is 0 Å². The van der Waals surface area contributed by atoms with Crippen LogP contribution in [0.25, 0.3) is 0 Å². The van der Waals surface area contributed by atoms with Gasteiger partial charge in [-0.25, -0.2) is 0 Å². The van der Waals surface area contributed by atoms with Crippen molar-refractivity contribution in [2.75, 3.05) is 19.8 Å². The van der Waals surface area contributed by atoms with Gasteiger partial charge in [0.2, 0.25) is 5.91 Å². The molecule has 1 unspecified atom stereocenters. The molecule has 0 aliphatic heterocycles. The molecule has 0 fully saturated rings. The maximum Gasteiger partial charge on any atom is 0.222 e. The van der Waals surface area contributed by atoms with Crippen molar-refractivity contribution < 1.29 is 9.53 Å². The Kier molecular flexibility index (Phi) is 8.57. The highest BCUT2D eigenvalue weighted by Crippen LogP contribution is 1.95. The summed E-state index contributed by atoms with van der Waals surface area (Å²) < 4.78 is 5.09. The molecular formula is C10H22N2O2. The first-order chi connectivity index (χ1) is 6.70. The molecule has 4 nitrogen and oxygen atoms in total. The smallest absolute Gasteiger partial charge is 0.222 e. The molecule has 1 amide bonds. The number of ether oxygens (including phenoxy) is 1. The zero-order valence-electron chi connectivity index (χ0n) is 9.21. The van der Waals surface area contributed by atoms with Crippen molar-refractivity contribution >= 4 is 5.91 Å². The molecule has 0 heterocycles. The van der Waals surface area contributed by atoms with E-state index in [2.05, 4.69) is 5.32 Å². The summed E-state index contributed by atoms with van der Waals surface area (Å²) >= 11 is 0. The molecule has 3 N–H and O–H groups in total. The van der Waals surface area contributed by atoms with E-state index < -0.39 is 0 Å². The van der Waals surface area contributed by atoms with Gasteiger partial charge in [-0.15, -0.1) is 0 Å². The van der Waals surface area contributed by atoms with Gasteiger partial charge in [-0.05, 0) is 33.2 Å². The molecule has 0 saturated heterocycles. The van der Waals surface area contributed by atoms with Crippen LogP contribution in [0.4, 0.5) is 0 Å². The first-order valence-corrected chi connectivity index (χ1v) is 5.27. The number of carbonyl (C=O) groups excluding carboxylic acids is 1. The maximum absolute atomic E-state index is 11.3. The van der Waals surface area contributed by atoms with Gasteiger partial charge >= 0.3 is 0 Å². The first-order valence-electron chi connectivity index (χ1n) is 5.27. The van der Waals surface area contributed by atoms with Crippen LogP contribution in [0.5, 0.6) is 0 Å². The van der Waals surface area contributed by atoms with Crippen LogP contribution in [-0.4, -0.2) is 31.7 Å². The Morgan fingerprint density at radius 1 is 1.57 bits per heavy atom. The summed E-state index contributed by atoms with van der Waals surface area (Å²) in [4.78, 5) is 11.3. The van der Waals surface area contributed by atoms with E-state index in [0.29, 0.717) is 26.2 Å². The van der Waals surface area contributed by atoms with Gasteiger partial charge in [0.05, 0.1) is 6.61 Å². The van der Waals surface area contributed by atoms with Crippen molar-refractivity contribution in [2.24, 2.45) is 5.73 Å². The standard InChI is InChI=1S/C10H22N2O2/c1-3-14-8-6-10(13)12-9(2)5-4-7-11/h9H,3-8,11H2,1-2H3,(H,12,13). The summed E-state index contributed by atoms with van der Waals surface area (Å²) in [6.45, 7) is 5.76. The topological polar surface area (TPSA) is 64.3 Å². The quantitative estimate of drug-likeness (QED) is 0.568. The van der Waals surface area contributed by atoms with E-state index in [1.54, 1.807) is 0 Å². The molecule has 0 aromatic heterocycles. The molecule has 0 aromatic rings. The van der Waals surface area contributed by atoms with Crippen molar-refractivity contribution in [3.63, 3.8) is 0 Å². The summed E-state index contributed by atoms with van der Waals surface area (Å²) in [6, 6.07) is 0.215. The highest BCUT2D eigenvalue weighted by Gasteiger charge is 2.05. The number of amides is 1. The molecule has 0 rings (SSSR count). The van der Waals surface area contributed by atoms with E-state index in [9.17, 15) is 4.79 Å². The number of hydrogen-bond acceptors (Lipinski definition) is 3. The SMILES string of the molecule is CCOCCC(=O)NC(C)CCCN. The molecule has 0 aromatic carbocycles. The van der Waals surface area contributed by atoms with Gasteiger partial charge in [0.1, 0.15) is 0 Å². The Balaban J connectivity index is 3.40. The van der Waals surface area contributed by atoms with Gasteiger partial charge in [-0.3, -0.25) is 4.79 Å². The summed E-state index contributed by atoms with van der Waals surface area (Å²) in [5.41, 5.74) is 5.37. The van der Waals surface area contributed by atoms with E-state index in [4.69, 9.17) is 10.5 Å². The van der Waals surface area contributed by atoms with E-state index in [0.717, 1.165) is 12.8 Å². The summed E-state index contributed by atoms with van der Waals surface area (Å²) in [5.74, 6) is 0.0583. The highest BCUT2D eigenvalue weighted by atomic mass is 16.5. The van der Waals surface area contributed by atoms with E-state index in [-0.39, 0.29) is 11.9 Å². The fourth-order valence-corrected chi connectivity index (χ4v) is 1.15. The average molecular weight is 202 g/mol. The summed E-state index contributed by atoms with van der Waals surface area (Å²) in [5, 5.41) is 2.90. The number of hydrogen-bond donors (Lipinski definition) is 2. The van der Waals surface area contributed by atoms with Gasteiger partial charge in [-0.1, -0.05) is 0 Å². The predicted molar refractivity (Wildman–Crippen MR) is 57.0 cm³/mol. The van der Waals surface area contributed by atoms with E-state index in [1.807, 2.05) is 13.8 Å². The second-order valence-corrected chi connectivity index (χ2v) is 3.35. The van der Waals surface area contributed by atoms with Crippen LogP contribution in [0.2, 0.25) is 0 Å². The minimum atomic E-state index is 0.0583. The zero-order chi connectivity index (χ0) is 10.8. The molecule has 1 atom stereocenters. The van der Waals surface area contributed by atoms with Crippen molar-refractivity contribution in [3.05, 3.63) is 0 Å². The highest BCUT2D eigenvalue weighted by molar-refractivity contribution is 5.76. The molecular weight excluding hydrogens is 180 g/mol. The Morgan fingerprint density at radius 2 is 2.29 bits per heavy atom. The lowest BCUT2D eigenvalue weighted by Crippen LogP contribution is -2.33. The second kappa shape index (κ2) is 8.97. The number of nitrogens with one attached hydrogen (secondary N) is 1. The van der Waals surface area contributed by atoms with Crippen LogP contribution in [0.15, 0.2) is 0 Å². The predicted octanol–water partition coefficient (Wildman–Crippen LogP) is 0.657. The van der Waals surface area contributed by atoms with Crippen molar-refractivity contribution in [2.45, 2.75) is 39.2 Å². The monoisotopic (exact) mass is 202 g/mol. The van der Waals surface area contributed by atoms with Gasteiger partial charge in [0, 0.05) is 19.1 Å². The van der Waals surface area contributed by atoms with Crippen LogP contribution < -0.4 is 11.1 Å². The van der Waals surface area contributed by atoms with Crippen LogP contribution in [0.1, 0.15) is 33.1 Å². The number of carbonyl (C=O) groups is 1. The zero-order valence-corrected chi connectivity index (χ0v) is 9.21. The van der Waals surface area contributed by atoms with Crippen LogP contribution in [0, 0.1) is 0 Å². The molecule has 0 aliphatic carbocycles. The Hall–Kier alpha value is -0.610. The molecule has 0 saturated carbocycles. The average Bonchev–Trinajstić information content (AvgIpc) is 2.15. The third-order valence-corrected chi connectivity index (χ3v) is 1.93. The Labute approximate surface area is 86.2 Å². The first kappa shape index (κ1) is 13.4. The molecule has 4 heteroatoms. The molecule has 84 valence electrons. The lowest BCUT2D eigenvalue weighted by molar-refractivity contribution is -0.122. The fourth-order valence-electron chi connectivity index (χ4n) is 1.15. The second-order valence-electron chi connectivity index (χ2n) is 3.35. The van der Waals surface area contributed by atoms with Crippen molar-refractivity contribution in [1.82, 2.24) is 5.32 Å². The van der Waals surface area contributed by atoms with Crippen LogP contribution >= 0.6 is 0 Å². The Morgan fingerprint density at radius 3 is 2.86 bits per heavy atom. The minimum absolute atomic E-state index is 0.0583.